The Morgan fingerprint density at radius 1 is 0.647 bits per heavy atom. The summed E-state index contributed by atoms with van der Waals surface area (Å²) in [5.74, 6) is 1.20. The molecule has 51 heavy (non-hydrogen) atoms. The van der Waals surface area contributed by atoms with Gasteiger partial charge in [-0.1, -0.05) is 134 Å². The van der Waals surface area contributed by atoms with Crippen LogP contribution in [0.1, 0.15) is 48.4 Å². The predicted octanol–water partition coefficient (Wildman–Crippen LogP) is 11.2. The molecule has 0 radical (unpaired) electrons. The summed E-state index contributed by atoms with van der Waals surface area (Å²) in [6.07, 6.45) is 10.9. The second kappa shape index (κ2) is 11.1. The quantitative estimate of drug-likeness (QED) is 0.150. The van der Waals surface area contributed by atoms with Crippen LogP contribution < -0.4 is 0 Å². The zero-order valence-electron chi connectivity index (χ0n) is 28.6. The van der Waals surface area contributed by atoms with Gasteiger partial charge in [-0.2, -0.15) is 0 Å². The van der Waals surface area contributed by atoms with E-state index in [9.17, 15) is 5.11 Å². The summed E-state index contributed by atoms with van der Waals surface area (Å²) in [5.41, 5.74) is 11.6. The lowest BCUT2D eigenvalue weighted by Crippen LogP contribution is -2.37. The monoisotopic (exact) mass is 661 g/mol. The number of hydrogen-bond donors (Lipinski definition) is 1. The summed E-state index contributed by atoms with van der Waals surface area (Å²) < 4.78 is 8.72. The molecule has 0 spiro atoms. The number of rotatable bonds is 4. The van der Waals surface area contributed by atoms with Gasteiger partial charge in [0.1, 0.15) is 0 Å². The molecule has 1 N–H and O–H groups in total. The Bertz CT molecular complexity index is 2520. The molecule has 0 saturated carbocycles. The van der Waals surface area contributed by atoms with Gasteiger partial charge in [-0.15, -0.1) is 0 Å². The van der Waals surface area contributed by atoms with E-state index >= 15 is 0 Å². The minimum Gasteiger partial charge on any atom is -0.390 e. The first-order valence-electron chi connectivity index (χ1n) is 18.6. The first-order chi connectivity index (χ1) is 25.1. The van der Waals surface area contributed by atoms with Crippen molar-refractivity contribution < 1.29 is 9.84 Å². The van der Waals surface area contributed by atoms with E-state index < -0.39 is 0 Å². The van der Waals surface area contributed by atoms with Gasteiger partial charge in [0.25, 0.3) is 0 Å². The van der Waals surface area contributed by atoms with Gasteiger partial charge < -0.3 is 14.4 Å². The number of aliphatic hydroxyl groups is 1. The molecule has 248 valence electrons. The van der Waals surface area contributed by atoms with E-state index in [0.717, 1.165) is 12.8 Å². The van der Waals surface area contributed by atoms with Gasteiger partial charge in [0, 0.05) is 40.1 Å². The maximum atomic E-state index is 10.8. The molecule has 0 amide bonds. The number of aromatic nitrogens is 1. The number of benzene rings is 6. The largest absolute Gasteiger partial charge is 0.390 e. The highest BCUT2D eigenvalue weighted by Gasteiger charge is 2.54. The molecule has 6 aromatic carbocycles. The lowest BCUT2D eigenvalue weighted by Gasteiger charge is -2.35. The van der Waals surface area contributed by atoms with Crippen molar-refractivity contribution in [2.45, 2.75) is 49.9 Å². The van der Waals surface area contributed by atoms with Crippen molar-refractivity contribution in [3.8, 4) is 27.9 Å². The SMILES string of the molecule is CC1CC=Cc2c1n(-c1ccc(-c3c4ccccc4c(-c4ccc(C5CC6OC7C(O)C6C=CC57)cc4)c4ccccc34)cc1)c1ccccc21. The summed E-state index contributed by atoms with van der Waals surface area (Å²) in [5, 5.41) is 17.2. The molecule has 7 unspecified atom stereocenters. The first kappa shape index (κ1) is 29.5. The molecule has 4 aliphatic rings. The van der Waals surface area contributed by atoms with Crippen LogP contribution >= 0.6 is 0 Å². The number of ether oxygens (including phenoxy) is 1. The molecular formula is C48H39NO2. The Balaban J connectivity index is 1.03. The normalized spacial score (nSPS) is 26.0. The summed E-state index contributed by atoms with van der Waals surface area (Å²) in [4.78, 5) is 0. The van der Waals surface area contributed by atoms with E-state index in [1.807, 2.05) is 0 Å². The molecule has 3 heterocycles. The lowest BCUT2D eigenvalue weighted by atomic mass is 9.77. The van der Waals surface area contributed by atoms with E-state index in [0.29, 0.717) is 11.8 Å². The lowest BCUT2D eigenvalue weighted by molar-refractivity contribution is -0.0545. The van der Waals surface area contributed by atoms with Gasteiger partial charge in [-0.05, 0) is 86.3 Å². The summed E-state index contributed by atoms with van der Waals surface area (Å²) in [6, 6.07) is 45.2. The smallest absolute Gasteiger partial charge is 0.0913 e. The van der Waals surface area contributed by atoms with Crippen LogP contribution in [0.2, 0.25) is 0 Å². The summed E-state index contributed by atoms with van der Waals surface area (Å²) >= 11 is 0. The topological polar surface area (TPSA) is 34.4 Å². The first-order valence-corrected chi connectivity index (χ1v) is 18.6. The Labute approximate surface area is 298 Å². The maximum absolute atomic E-state index is 10.8. The van der Waals surface area contributed by atoms with E-state index in [1.165, 1.54) is 77.2 Å². The molecule has 3 nitrogen and oxygen atoms in total. The Kier molecular flexibility index (Phi) is 6.44. The van der Waals surface area contributed by atoms with Gasteiger partial charge in [-0.3, -0.25) is 0 Å². The van der Waals surface area contributed by atoms with Crippen molar-refractivity contribution in [3.63, 3.8) is 0 Å². The van der Waals surface area contributed by atoms with Crippen molar-refractivity contribution in [1.82, 2.24) is 4.57 Å². The Hall–Kier alpha value is -5.22. The summed E-state index contributed by atoms with van der Waals surface area (Å²) in [6.45, 7) is 2.35. The van der Waals surface area contributed by atoms with Crippen molar-refractivity contribution in [2.75, 3.05) is 0 Å². The molecular weight excluding hydrogens is 623 g/mol. The Morgan fingerprint density at radius 2 is 1.22 bits per heavy atom. The molecule has 2 aliphatic heterocycles. The molecule has 3 bridgehead atoms. The third-order valence-electron chi connectivity index (χ3n) is 12.5. The minimum absolute atomic E-state index is 0.0772. The van der Waals surface area contributed by atoms with Gasteiger partial charge in [0.15, 0.2) is 0 Å². The van der Waals surface area contributed by atoms with Crippen LogP contribution in [0.25, 0.3) is 66.5 Å². The van der Waals surface area contributed by atoms with Gasteiger partial charge >= 0.3 is 0 Å². The fourth-order valence-corrected chi connectivity index (χ4v) is 10.2. The Morgan fingerprint density at radius 3 is 1.86 bits per heavy atom. The van der Waals surface area contributed by atoms with Crippen molar-refractivity contribution >= 4 is 38.5 Å². The van der Waals surface area contributed by atoms with Crippen LogP contribution in [-0.2, 0) is 4.74 Å². The zero-order valence-corrected chi connectivity index (χ0v) is 28.6. The second-order valence-electron chi connectivity index (χ2n) is 15.2. The van der Waals surface area contributed by atoms with E-state index in [4.69, 9.17) is 4.74 Å². The average molecular weight is 662 g/mol. The van der Waals surface area contributed by atoms with Crippen LogP contribution in [0.4, 0.5) is 0 Å². The molecule has 1 aromatic heterocycles. The number of para-hydroxylation sites is 1. The number of allylic oxidation sites excluding steroid dienone is 1. The molecule has 7 atom stereocenters. The van der Waals surface area contributed by atoms with Crippen molar-refractivity contribution in [2.24, 2.45) is 11.8 Å². The highest BCUT2D eigenvalue weighted by molar-refractivity contribution is 6.21. The number of aliphatic hydroxyl groups excluding tert-OH is 1. The fraction of sp³-hybridized carbons (Fsp3) is 0.208. The second-order valence-corrected chi connectivity index (χ2v) is 15.2. The van der Waals surface area contributed by atoms with Gasteiger partial charge in [0.2, 0.25) is 0 Å². The summed E-state index contributed by atoms with van der Waals surface area (Å²) in [7, 11) is 0. The van der Waals surface area contributed by atoms with E-state index in [-0.39, 0.29) is 30.1 Å². The third kappa shape index (κ3) is 4.26. The molecule has 2 aliphatic carbocycles. The van der Waals surface area contributed by atoms with Crippen LogP contribution in [0.15, 0.2) is 140 Å². The average Bonchev–Trinajstić information content (AvgIpc) is 3.47. The van der Waals surface area contributed by atoms with Crippen molar-refractivity contribution in [3.05, 3.63) is 156 Å². The maximum Gasteiger partial charge on any atom is 0.0913 e. The zero-order chi connectivity index (χ0) is 33.8. The van der Waals surface area contributed by atoms with Gasteiger partial charge in [-0.25, -0.2) is 0 Å². The highest BCUT2D eigenvalue weighted by Crippen LogP contribution is 2.52. The number of fused-ring (bicyclic) bond motifs is 8. The molecule has 7 aromatic rings. The molecule has 2 saturated heterocycles. The minimum atomic E-state index is -0.373. The molecule has 2 fully saturated rings. The van der Waals surface area contributed by atoms with Crippen LogP contribution in [-0.4, -0.2) is 28.0 Å². The third-order valence-corrected chi connectivity index (χ3v) is 12.5. The van der Waals surface area contributed by atoms with Crippen LogP contribution in [0.5, 0.6) is 0 Å². The molecule has 11 rings (SSSR count). The standard InChI is InChI=1S/C48H39NO2/c1-28-9-8-15-38-33-10-6-7-16-42(33)49(46(28)38)32-23-21-31(22-24-32)45-36-13-4-2-11-34(36)44(35-12-3-5-14-37(35)45)30-19-17-29(18-20-30)41-27-43-40-26-25-39(41)48(51-43)47(40)50/h2-8,10-26,28,39-41,43,47-48,50H,9,27H2,1H3. The highest BCUT2D eigenvalue weighted by atomic mass is 16.5. The fourth-order valence-electron chi connectivity index (χ4n) is 10.2. The van der Waals surface area contributed by atoms with Gasteiger partial charge in [0.05, 0.1) is 23.8 Å². The predicted molar refractivity (Wildman–Crippen MR) is 209 cm³/mol. The van der Waals surface area contributed by atoms with E-state index in [1.54, 1.807) is 0 Å². The number of nitrogens with zero attached hydrogens (tertiary/aromatic N) is 1. The van der Waals surface area contributed by atoms with E-state index in [2.05, 4.69) is 157 Å². The van der Waals surface area contributed by atoms with Crippen LogP contribution in [0.3, 0.4) is 0 Å². The molecule has 3 heteroatoms. The number of hydrogen-bond acceptors (Lipinski definition) is 2. The van der Waals surface area contributed by atoms with Crippen LogP contribution in [0, 0.1) is 11.8 Å². The van der Waals surface area contributed by atoms with Crippen molar-refractivity contribution in [1.29, 1.82) is 0 Å².